The molecule has 126 valence electrons. The number of hydrogen-bond acceptors (Lipinski definition) is 3. The number of ether oxygens (including phenoxy) is 1. The topological polar surface area (TPSA) is 32.8 Å². The fourth-order valence-electron chi connectivity index (χ4n) is 3.28. The van der Waals surface area contributed by atoms with Crippen LogP contribution in [0.15, 0.2) is 30.3 Å². The first kappa shape index (κ1) is 16.3. The molecule has 0 spiro atoms. The lowest BCUT2D eigenvalue weighted by molar-refractivity contribution is -0.000631. The summed E-state index contributed by atoms with van der Waals surface area (Å²) in [6.45, 7) is 9.23. The Bertz CT molecular complexity index is 534. The summed E-state index contributed by atoms with van der Waals surface area (Å²) in [4.78, 5) is 16.8. The van der Waals surface area contributed by atoms with Gasteiger partial charge in [-0.3, -0.25) is 4.90 Å². The van der Waals surface area contributed by atoms with E-state index >= 15 is 0 Å². The van der Waals surface area contributed by atoms with Crippen molar-refractivity contribution in [3.05, 3.63) is 35.9 Å². The van der Waals surface area contributed by atoms with Gasteiger partial charge in [0.05, 0.1) is 0 Å². The van der Waals surface area contributed by atoms with E-state index in [4.69, 9.17) is 4.74 Å². The van der Waals surface area contributed by atoms with Crippen molar-refractivity contribution in [3.8, 4) is 0 Å². The molecular formula is C19H28N2O2. The molecule has 1 heterocycles. The van der Waals surface area contributed by atoms with E-state index in [0.29, 0.717) is 6.04 Å². The second kappa shape index (κ2) is 6.52. The second-order valence-electron chi connectivity index (χ2n) is 7.79. The first-order chi connectivity index (χ1) is 10.9. The van der Waals surface area contributed by atoms with Gasteiger partial charge in [-0.05, 0) is 45.1 Å². The van der Waals surface area contributed by atoms with Gasteiger partial charge in [0.2, 0.25) is 0 Å². The summed E-state index contributed by atoms with van der Waals surface area (Å²) in [5.74, 6) is 0.740. The number of hydrogen-bond donors (Lipinski definition) is 0. The number of carbonyl (C=O) groups excluding carboxylic acids is 1. The fraction of sp³-hybridized carbons (Fsp3) is 0.632. The smallest absolute Gasteiger partial charge is 0.410 e. The molecule has 0 aromatic heterocycles. The summed E-state index contributed by atoms with van der Waals surface area (Å²) in [7, 11) is 0. The van der Waals surface area contributed by atoms with Gasteiger partial charge in [-0.1, -0.05) is 30.3 Å². The van der Waals surface area contributed by atoms with Gasteiger partial charge < -0.3 is 9.64 Å². The summed E-state index contributed by atoms with van der Waals surface area (Å²) in [6.07, 6.45) is 2.42. The van der Waals surface area contributed by atoms with Crippen LogP contribution in [-0.2, 0) is 11.3 Å². The molecule has 1 aromatic rings. The molecule has 1 saturated heterocycles. The molecular weight excluding hydrogens is 288 g/mol. The normalized spacial score (nSPS) is 22.9. The van der Waals surface area contributed by atoms with Gasteiger partial charge >= 0.3 is 6.09 Å². The van der Waals surface area contributed by atoms with Gasteiger partial charge in [0.1, 0.15) is 5.60 Å². The van der Waals surface area contributed by atoms with E-state index in [-0.39, 0.29) is 6.09 Å². The monoisotopic (exact) mass is 316 g/mol. The zero-order chi connectivity index (χ0) is 16.4. The molecule has 4 nitrogen and oxygen atoms in total. The molecule has 23 heavy (non-hydrogen) atoms. The maximum absolute atomic E-state index is 12.4. The molecule has 2 fully saturated rings. The van der Waals surface area contributed by atoms with Gasteiger partial charge in [0.15, 0.2) is 0 Å². The van der Waals surface area contributed by atoms with Crippen LogP contribution in [0.1, 0.15) is 39.2 Å². The Morgan fingerprint density at radius 3 is 2.48 bits per heavy atom. The van der Waals surface area contributed by atoms with E-state index in [9.17, 15) is 4.79 Å². The largest absolute Gasteiger partial charge is 0.444 e. The molecule has 1 unspecified atom stereocenters. The highest BCUT2D eigenvalue weighted by Gasteiger charge is 2.40. The lowest BCUT2D eigenvalue weighted by atomic mass is 10.1. The van der Waals surface area contributed by atoms with Gasteiger partial charge in [-0.2, -0.15) is 0 Å². The fourth-order valence-corrected chi connectivity index (χ4v) is 3.28. The summed E-state index contributed by atoms with van der Waals surface area (Å²) in [5, 5.41) is 0. The van der Waals surface area contributed by atoms with Crippen molar-refractivity contribution < 1.29 is 9.53 Å². The van der Waals surface area contributed by atoms with Gasteiger partial charge in [-0.15, -0.1) is 0 Å². The lowest BCUT2D eigenvalue weighted by Crippen LogP contribution is -2.55. The summed E-state index contributed by atoms with van der Waals surface area (Å²) < 4.78 is 5.55. The van der Waals surface area contributed by atoms with Crippen LogP contribution in [0.3, 0.4) is 0 Å². The third kappa shape index (κ3) is 4.47. The number of rotatable bonds is 3. The average Bonchev–Trinajstić information content (AvgIpc) is 3.31. The van der Waals surface area contributed by atoms with E-state index in [2.05, 4.69) is 35.2 Å². The van der Waals surface area contributed by atoms with Crippen molar-refractivity contribution in [3.63, 3.8) is 0 Å². The van der Waals surface area contributed by atoms with Crippen LogP contribution in [0, 0.1) is 5.92 Å². The first-order valence-electron chi connectivity index (χ1n) is 8.68. The Kier molecular flexibility index (Phi) is 4.62. The summed E-state index contributed by atoms with van der Waals surface area (Å²) in [5.41, 5.74) is 0.928. The van der Waals surface area contributed by atoms with Crippen molar-refractivity contribution in [2.24, 2.45) is 5.92 Å². The number of nitrogens with zero attached hydrogens (tertiary/aromatic N) is 2. The third-order valence-electron chi connectivity index (χ3n) is 4.58. The molecule has 1 aromatic carbocycles. The highest BCUT2D eigenvalue weighted by Crippen LogP contribution is 2.37. The lowest BCUT2D eigenvalue weighted by Gasteiger charge is -2.42. The molecule has 0 N–H and O–H groups in total. The highest BCUT2D eigenvalue weighted by molar-refractivity contribution is 5.68. The molecule has 1 aliphatic heterocycles. The molecule has 3 rings (SSSR count). The molecule has 0 bridgehead atoms. The van der Waals surface area contributed by atoms with E-state index < -0.39 is 5.60 Å². The van der Waals surface area contributed by atoms with Crippen molar-refractivity contribution >= 4 is 6.09 Å². The molecule has 1 amide bonds. The molecule has 1 atom stereocenters. The maximum Gasteiger partial charge on any atom is 0.410 e. The van der Waals surface area contributed by atoms with E-state index in [1.54, 1.807) is 0 Å². The standard InChI is InChI=1S/C19H28N2O2/c1-19(2,3)23-18(22)21-12-11-20(17(14-21)16-9-10-16)13-15-7-5-4-6-8-15/h4-8,16-17H,9-14H2,1-3H3. The first-order valence-corrected chi connectivity index (χ1v) is 8.68. The van der Waals surface area contributed by atoms with E-state index in [1.165, 1.54) is 18.4 Å². The maximum atomic E-state index is 12.4. The Morgan fingerprint density at radius 1 is 1.17 bits per heavy atom. The molecule has 1 aliphatic carbocycles. The summed E-state index contributed by atoms with van der Waals surface area (Å²) in [6, 6.07) is 11.1. The number of amides is 1. The van der Waals surface area contributed by atoms with Gasteiger partial charge in [-0.25, -0.2) is 4.79 Å². The predicted octanol–water partition coefficient (Wildman–Crippen LogP) is 3.52. The third-order valence-corrected chi connectivity index (χ3v) is 4.58. The average molecular weight is 316 g/mol. The van der Waals surface area contributed by atoms with Crippen molar-refractivity contribution in [1.29, 1.82) is 0 Å². The Hall–Kier alpha value is -1.55. The minimum Gasteiger partial charge on any atom is -0.444 e. The van der Waals surface area contributed by atoms with Crippen molar-refractivity contribution in [1.82, 2.24) is 9.80 Å². The quantitative estimate of drug-likeness (QED) is 0.855. The van der Waals surface area contributed by atoms with Crippen LogP contribution >= 0.6 is 0 Å². The minimum absolute atomic E-state index is 0.164. The number of benzene rings is 1. The van der Waals surface area contributed by atoms with Gasteiger partial charge in [0.25, 0.3) is 0 Å². The van der Waals surface area contributed by atoms with Crippen LogP contribution in [0.2, 0.25) is 0 Å². The Labute approximate surface area is 139 Å². The zero-order valence-corrected chi connectivity index (χ0v) is 14.5. The zero-order valence-electron chi connectivity index (χ0n) is 14.5. The van der Waals surface area contributed by atoms with Crippen LogP contribution in [-0.4, -0.2) is 47.2 Å². The molecule has 0 radical (unpaired) electrons. The number of carbonyl (C=O) groups is 1. The SMILES string of the molecule is CC(C)(C)OC(=O)N1CCN(Cc2ccccc2)C(C2CC2)C1. The van der Waals surface area contributed by atoms with E-state index in [1.807, 2.05) is 25.7 Å². The summed E-state index contributed by atoms with van der Waals surface area (Å²) >= 11 is 0. The molecule has 1 saturated carbocycles. The Morgan fingerprint density at radius 2 is 1.87 bits per heavy atom. The Balaban J connectivity index is 1.63. The van der Waals surface area contributed by atoms with Crippen molar-refractivity contribution in [2.75, 3.05) is 19.6 Å². The molecule has 2 aliphatic rings. The van der Waals surface area contributed by atoms with E-state index in [0.717, 1.165) is 32.1 Å². The second-order valence-corrected chi connectivity index (χ2v) is 7.79. The van der Waals surface area contributed by atoms with Crippen LogP contribution < -0.4 is 0 Å². The van der Waals surface area contributed by atoms with Crippen LogP contribution in [0.25, 0.3) is 0 Å². The highest BCUT2D eigenvalue weighted by atomic mass is 16.6. The van der Waals surface area contributed by atoms with Gasteiger partial charge in [0, 0.05) is 32.2 Å². The minimum atomic E-state index is -0.423. The van der Waals surface area contributed by atoms with Crippen LogP contribution in [0.5, 0.6) is 0 Å². The van der Waals surface area contributed by atoms with Crippen LogP contribution in [0.4, 0.5) is 4.79 Å². The van der Waals surface area contributed by atoms with Crippen molar-refractivity contribution in [2.45, 2.75) is 51.8 Å². The number of piperazine rings is 1. The predicted molar refractivity (Wildman–Crippen MR) is 91.2 cm³/mol. The molecule has 4 heteroatoms.